The Balaban J connectivity index is 2.66. The first kappa shape index (κ1) is 9.65. The number of hydrogen-bond acceptors (Lipinski definition) is 2. The largest absolute Gasteiger partial charge is 0.220 e. The van der Waals surface area contributed by atoms with Crippen molar-refractivity contribution >= 4 is 21.6 Å². The van der Waals surface area contributed by atoms with E-state index < -0.39 is 0 Å². The average Bonchev–Trinajstić information content (AvgIpc) is 2.48. The second-order valence-electron chi connectivity index (χ2n) is 3.73. The molecule has 0 bridgehead atoms. The fourth-order valence-electron chi connectivity index (χ4n) is 1.26. The molecule has 2 aromatic heterocycles. The van der Waals surface area contributed by atoms with Crippen LogP contribution in [0.1, 0.15) is 31.2 Å². The fraction of sp³-hybridized carbons (Fsp3) is 0.400. The van der Waals surface area contributed by atoms with Crippen molar-refractivity contribution in [2.45, 2.75) is 26.7 Å². The van der Waals surface area contributed by atoms with Gasteiger partial charge in [-0.1, -0.05) is 13.8 Å². The molecule has 0 aliphatic carbocycles. The lowest BCUT2D eigenvalue weighted by Gasteiger charge is -1.96. The average molecular weight is 254 g/mol. The molecular formula is C10H12BrN3. The molecule has 0 radical (unpaired) electrons. The summed E-state index contributed by atoms with van der Waals surface area (Å²) in [5, 5.41) is 4.39. The summed E-state index contributed by atoms with van der Waals surface area (Å²) >= 11 is 3.47. The standard InChI is InChI=1S/C10H12BrN3/c1-6(2)10-12-9-4-7(3)8(11)5-14(9)13-10/h4-6H,1-3H3. The third-order valence-electron chi connectivity index (χ3n) is 2.15. The van der Waals surface area contributed by atoms with E-state index in [4.69, 9.17) is 0 Å². The van der Waals surface area contributed by atoms with Crippen molar-refractivity contribution in [1.29, 1.82) is 0 Å². The highest BCUT2D eigenvalue weighted by Crippen LogP contribution is 2.18. The molecule has 14 heavy (non-hydrogen) atoms. The lowest BCUT2D eigenvalue weighted by molar-refractivity contribution is 0.765. The van der Waals surface area contributed by atoms with Crippen LogP contribution in [0.2, 0.25) is 0 Å². The Kier molecular flexibility index (Phi) is 2.31. The van der Waals surface area contributed by atoms with Gasteiger partial charge in [0.2, 0.25) is 0 Å². The Morgan fingerprint density at radius 1 is 1.43 bits per heavy atom. The molecule has 0 spiro atoms. The Morgan fingerprint density at radius 3 is 2.79 bits per heavy atom. The van der Waals surface area contributed by atoms with Crippen LogP contribution in [-0.2, 0) is 0 Å². The molecule has 3 nitrogen and oxygen atoms in total. The van der Waals surface area contributed by atoms with E-state index in [1.165, 1.54) is 5.56 Å². The minimum absolute atomic E-state index is 0.369. The van der Waals surface area contributed by atoms with Crippen LogP contribution in [0, 0.1) is 6.92 Å². The third-order valence-corrected chi connectivity index (χ3v) is 2.98. The van der Waals surface area contributed by atoms with Crippen LogP contribution in [0.25, 0.3) is 5.65 Å². The number of rotatable bonds is 1. The molecule has 0 aromatic carbocycles. The SMILES string of the molecule is Cc1cc2nc(C(C)C)nn2cc1Br. The van der Waals surface area contributed by atoms with Gasteiger partial charge in [-0.2, -0.15) is 5.10 Å². The van der Waals surface area contributed by atoms with Crippen LogP contribution in [0.3, 0.4) is 0 Å². The predicted molar refractivity (Wildman–Crippen MR) is 59.5 cm³/mol. The first-order valence-electron chi connectivity index (χ1n) is 4.60. The summed E-state index contributed by atoms with van der Waals surface area (Å²) < 4.78 is 2.87. The Labute approximate surface area is 91.3 Å². The summed E-state index contributed by atoms with van der Waals surface area (Å²) in [5.41, 5.74) is 2.09. The number of aryl methyl sites for hydroxylation is 1. The topological polar surface area (TPSA) is 30.2 Å². The Bertz CT molecular complexity index is 434. The first-order valence-corrected chi connectivity index (χ1v) is 5.39. The van der Waals surface area contributed by atoms with Gasteiger partial charge in [-0.25, -0.2) is 9.50 Å². The van der Waals surface area contributed by atoms with Gasteiger partial charge in [-0.05, 0) is 34.5 Å². The van der Waals surface area contributed by atoms with Crippen molar-refractivity contribution in [3.8, 4) is 0 Å². The number of halogens is 1. The quantitative estimate of drug-likeness (QED) is 0.783. The van der Waals surface area contributed by atoms with Crippen LogP contribution < -0.4 is 0 Å². The second kappa shape index (κ2) is 3.35. The summed E-state index contributed by atoms with van der Waals surface area (Å²) in [6.45, 7) is 6.24. The van der Waals surface area contributed by atoms with E-state index in [1.54, 1.807) is 0 Å². The maximum Gasteiger partial charge on any atom is 0.155 e. The van der Waals surface area contributed by atoms with Gasteiger partial charge in [0.05, 0.1) is 0 Å². The zero-order valence-electron chi connectivity index (χ0n) is 8.45. The smallest absolute Gasteiger partial charge is 0.155 e. The van der Waals surface area contributed by atoms with Gasteiger partial charge in [0.15, 0.2) is 11.5 Å². The van der Waals surface area contributed by atoms with Gasteiger partial charge in [0, 0.05) is 16.6 Å². The van der Waals surface area contributed by atoms with Crippen LogP contribution in [0.4, 0.5) is 0 Å². The van der Waals surface area contributed by atoms with Gasteiger partial charge >= 0.3 is 0 Å². The number of pyridine rings is 1. The molecule has 74 valence electrons. The second-order valence-corrected chi connectivity index (χ2v) is 4.59. The van der Waals surface area contributed by atoms with Crippen molar-refractivity contribution in [3.05, 3.63) is 28.1 Å². The molecule has 0 aliphatic heterocycles. The van der Waals surface area contributed by atoms with Crippen molar-refractivity contribution in [1.82, 2.24) is 14.6 Å². The molecule has 2 rings (SSSR count). The predicted octanol–water partition coefficient (Wildman–Crippen LogP) is 2.92. The highest BCUT2D eigenvalue weighted by atomic mass is 79.9. The Morgan fingerprint density at radius 2 is 2.14 bits per heavy atom. The number of nitrogens with zero attached hydrogens (tertiary/aromatic N) is 3. The van der Waals surface area contributed by atoms with Crippen LogP contribution >= 0.6 is 15.9 Å². The normalized spacial score (nSPS) is 11.5. The van der Waals surface area contributed by atoms with Crippen LogP contribution in [0.15, 0.2) is 16.7 Å². The van der Waals surface area contributed by atoms with E-state index in [1.807, 2.05) is 23.7 Å². The minimum atomic E-state index is 0.369. The zero-order valence-corrected chi connectivity index (χ0v) is 10.0. The molecule has 0 amide bonds. The number of hydrogen-bond donors (Lipinski definition) is 0. The molecule has 0 unspecified atom stereocenters. The van der Waals surface area contributed by atoms with Crippen molar-refractivity contribution in [3.63, 3.8) is 0 Å². The minimum Gasteiger partial charge on any atom is -0.220 e. The van der Waals surface area contributed by atoms with Crippen molar-refractivity contribution in [2.75, 3.05) is 0 Å². The van der Waals surface area contributed by atoms with Gasteiger partial charge in [-0.3, -0.25) is 0 Å². The third kappa shape index (κ3) is 1.54. The molecule has 0 saturated heterocycles. The molecule has 0 fully saturated rings. The summed E-state index contributed by atoms with van der Waals surface area (Å²) in [7, 11) is 0. The lowest BCUT2D eigenvalue weighted by atomic mass is 10.2. The summed E-state index contributed by atoms with van der Waals surface area (Å²) in [6.07, 6.45) is 1.95. The maximum atomic E-state index is 4.45. The molecule has 4 heteroatoms. The van der Waals surface area contributed by atoms with Gasteiger partial charge in [0.1, 0.15) is 0 Å². The van der Waals surface area contributed by atoms with Gasteiger partial charge in [0.25, 0.3) is 0 Å². The van der Waals surface area contributed by atoms with E-state index in [-0.39, 0.29) is 0 Å². The van der Waals surface area contributed by atoms with Gasteiger partial charge < -0.3 is 0 Å². The first-order chi connectivity index (χ1) is 6.58. The zero-order chi connectivity index (χ0) is 10.3. The van der Waals surface area contributed by atoms with Crippen molar-refractivity contribution in [2.24, 2.45) is 0 Å². The van der Waals surface area contributed by atoms with E-state index in [0.717, 1.165) is 15.9 Å². The molecule has 0 aliphatic rings. The molecule has 0 saturated carbocycles. The van der Waals surface area contributed by atoms with E-state index >= 15 is 0 Å². The van der Waals surface area contributed by atoms with E-state index in [9.17, 15) is 0 Å². The van der Waals surface area contributed by atoms with Gasteiger partial charge in [-0.15, -0.1) is 0 Å². The molecule has 0 N–H and O–H groups in total. The van der Waals surface area contributed by atoms with E-state index in [0.29, 0.717) is 5.92 Å². The molecule has 2 aromatic rings. The van der Waals surface area contributed by atoms with Crippen molar-refractivity contribution < 1.29 is 0 Å². The fourth-order valence-corrected chi connectivity index (χ4v) is 1.57. The monoisotopic (exact) mass is 253 g/mol. The molecule has 2 heterocycles. The lowest BCUT2D eigenvalue weighted by Crippen LogP contribution is -1.91. The Hall–Kier alpha value is -0.900. The highest BCUT2D eigenvalue weighted by Gasteiger charge is 2.08. The van der Waals surface area contributed by atoms with Crippen LogP contribution in [0.5, 0.6) is 0 Å². The number of aromatic nitrogens is 3. The molecular weight excluding hydrogens is 242 g/mol. The summed E-state index contributed by atoms with van der Waals surface area (Å²) in [5.74, 6) is 1.26. The summed E-state index contributed by atoms with van der Waals surface area (Å²) in [4.78, 5) is 4.45. The molecule has 0 atom stereocenters. The van der Waals surface area contributed by atoms with E-state index in [2.05, 4.69) is 39.9 Å². The highest BCUT2D eigenvalue weighted by molar-refractivity contribution is 9.10. The number of fused-ring (bicyclic) bond motifs is 1. The van der Waals surface area contributed by atoms with Crippen LogP contribution in [-0.4, -0.2) is 14.6 Å². The summed E-state index contributed by atoms with van der Waals surface area (Å²) in [6, 6.07) is 2.03. The maximum absolute atomic E-state index is 4.45.